The third-order valence-electron chi connectivity index (χ3n) is 3.35. The van der Waals surface area contributed by atoms with Gasteiger partial charge in [0.1, 0.15) is 17.6 Å². The summed E-state index contributed by atoms with van der Waals surface area (Å²) in [7, 11) is 0. The number of aliphatic hydroxyl groups excluding tert-OH is 3. The Morgan fingerprint density at radius 1 is 0.957 bits per heavy atom. The molecule has 122 valence electrons. The smallest absolute Gasteiger partial charge is 0.152 e. The van der Waals surface area contributed by atoms with E-state index in [0.717, 1.165) is 5.56 Å². The molecule has 0 fully saturated rings. The van der Waals surface area contributed by atoms with Gasteiger partial charge in [0.25, 0.3) is 0 Å². The van der Waals surface area contributed by atoms with Gasteiger partial charge < -0.3 is 25.2 Å². The molecule has 0 radical (unpaired) electrons. The molecule has 0 aliphatic heterocycles. The van der Waals surface area contributed by atoms with Crippen LogP contribution < -0.4 is 4.74 Å². The van der Waals surface area contributed by atoms with Crippen LogP contribution in [-0.2, 0) is 0 Å². The molecule has 0 saturated carbocycles. The van der Waals surface area contributed by atoms with Crippen molar-refractivity contribution in [2.24, 2.45) is 0 Å². The van der Waals surface area contributed by atoms with Gasteiger partial charge in [-0.3, -0.25) is 0 Å². The minimum atomic E-state index is -1.02. The zero-order valence-corrected chi connectivity index (χ0v) is 12.5. The zero-order valence-electron chi connectivity index (χ0n) is 12.5. The van der Waals surface area contributed by atoms with Gasteiger partial charge in [-0.1, -0.05) is 36.4 Å². The Kier molecular flexibility index (Phi) is 6.17. The van der Waals surface area contributed by atoms with E-state index in [9.17, 15) is 15.3 Å². The summed E-state index contributed by atoms with van der Waals surface area (Å²) in [4.78, 5) is 0. The highest BCUT2D eigenvalue weighted by molar-refractivity contribution is 5.50. The van der Waals surface area contributed by atoms with E-state index in [1.165, 1.54) is 12.1 Å². The Morgan fingerprint density at radius 3 is 2.17 bits per heavy atom. The number of benzene rings is 2. The fourth-order valence-corrected chi connectivity index (χ4v) is 2.11. The van der Waals surface area contributed by atoms with E-state index in [-0.39, 0.29) is 19.0 Å². The largest absolute Gasteiger partial charge is 0.508 e. The molecule has 5 nitrogen and oxygen atoms in total. The van der Waals surface area contributed by atoms with Crippen LogP contribution in [-0.4, -0.2) is 39.7 Å². The van der Waals surface area contributed by atoms with Crippen LogP contribution in [0.5, 0.6) is 11.5 Å². The van der Waals surface area contributed by atoms with Crippen molar-refractivity contribution in [2.45, 2.75) is 12.2 Å². The predicted molar refractivity (Wildman–Crippen MR) is 87.1 cm³/mol. The fraction of sp³-hybridized carbons (Fsp3) is 0.222. The molecular weight excluding hydrogens is 296 g/mol. The predicted octanol–water partition coefficient (Wildman–Crippen LogP) is 1.87. The van der Waals surface area contributed by atoms with Gasteiger partial charge >= 0.3 is 0 Å². The summed E-state index contributed by atoms with van der Waals surface area (Å²) in [5.74, 6) is 0.622. The normalized spacial score (nSPS) is 13.9. The number of aromatic hydroxyl groups is 1. The summed E-state index contributed by atoms with van der Waals surface area (Å²) in [5.41, 5.74) is 1.45. The van der Waals surface area contributed by atoms with E-state index >= 15 is 0 Å². The highest BCUT2D eigenvalue weighted by Gasteiger charge is 2.22. The van der Waals surface area contributed by atoms with Crippen LogP contribution in [0.4, 0.5) is 0 Å². The van der Waals surface area contributed by atoms with Gasteiger partial charge in [0.15, 0.2) is 6.10 Å². The zero-order chi connectivity index (χ0) is 16.7. The standard InChI is InChI=1S/C18H20O5/c19-11-1-2-13-3-9-16(10-4-13)23-17(12-20)18(22)14-5-7-15(21)8-6-14/h1-10,17-22H,11-12H2/b2-1+. The second kappa shape index (κ2) is 8.33. The molecule has 5 heteroatoms. The lowest BCUT2D eigenvalue weighted by atomic mass is 10.0. The first-order chi connectivity index (χ1) is 11.1. The van der Waals surface area contributed by atoms with Crippen LogP contribution in [0.2, 0.25) is 0 Å². The molecule has 0 saturated heterocycles. The second-order valence-electron chi connectivity index (χ2n) is 5.03. The molecule has 0 aromatic heterocycles. The van der Waals surface area contributed by atoms with Gasteiger partial charge in [0, 0.05) is 0 Å². The SMILES string of the molecule is OC/C=C/c1ccc(OC(CO)C(O)c2ccc(O)cc2)cc1. The van der Waals surface area contributed by atoms with Crippen LogP contribution in [0.1, 0.15) is 17.2 Å². The number of hydrogen-bond donors (Lipinski definition) is 4. The van der Waals surface area contributed by atoms with E-state index in [0.29, 0.717) is 11.3 Å². The van der Waals surface area contributed by atoms with Crippen molar-refractivity contribution >= 4 is 6.08 Å². The van der Waals surface area contributed by atoms with Crippen molar-refractivity contribution in [1.82, 2.24) is 0 Å². The van der Waals surface area contributed by atoms with Crippen molar-refractivity contribution in [3.8, 4) is 11.5 Å². The molecule has 0 bridgehead atoms. The highest BCUT2D eigenvalue weighted by Crippen LogP contribution is 2.24. The molecule has 0 aliphatic rings. The summed E-state index contributed by atoms with van der Waals surface area (Å²) < 4.78 is 5.63. The topological polar surface area (TPSA) is 90.2 Å². The highest BCUT2D eigenvalue weighted by atomic mass is 16.5. The first-order valence-electron chi connectivity index (χ1n) is 7.26. The van der Waals surface area contributed by atoms with E-state index in [4.69, 9.17) is 9.84 Å². The van der Waals surface area contributed by atoms with Gasteiger partial charge in [-0.15, -0.1) is 0 Å². The van der Waals surface area contributed by atoms with Crippen LogP contribution >= 0.6 is 0 Å². The Morgan fingerprint density at radius 2 is 1.61 bits per heavy atom. The molecule has 0 aliphatic carbocycles. The van der Waals surface area contributed by atoms with Gasteiger partial charge in [0.2, 0.25) is 0 Å². The molecule has 2 unspecified atom stereocenters. The molecule has 2 atom stereocenters. The van der Waals surface area contributed by atoms with E-state index in [1.807, 2.05) is 12.1 Å². The average Bonchev–Trinajstić information content (AvgIpc) is 2.59. The molecule has 4 N–H and O–H groups in total. The maximum absolute atomic E-state index is 10.3. The molecule has 0 spiro atoms. The van der Waals surface area contributed by atoms with Gasteiger partial charge in [-0.2, -0.15) is 0 Å². The van der Waals surface area contributed by atoms with Gasteiger partial charge in [0.05, 0.1) is 13.2 Å². The van der Waals surface area contributed by atoms with Crippen molar-refractivity contribution in [3.05, 3.63) is 65.7 Å². The minimum absolute atomic E-state index is 0.0241. The van der Waals surface area contributed by atoms with Gasteiger partial charge in [-0.25, -0.2) is 0 Å². The summed E-state index contributed by atoms with van der Waals surface area (Å²) >= 11 is 0. The fourth-order valence-electron chi connectivity index (χ4n) is 2.11. The number of phenols is 1. The molecule has 2 rings (SSSR count). The lowest BCUT2D eigenvalue weighted by molar-refractivity contribution is 0.000758. The second-order valence-corrected chi connectivity index (χ2v) is 5.03. The van der Waals surface area contributed by atoms with Crippen LogP contribution in [0.3, 0.4) is 0 Å². The molecule has 0 heterocycles. The summed E-state index contributed by atoms with van der Waals surface area (Å²) in [6.45, 7) is -0.377. The Bertz CT molecular complexity index is 619. The Hall–Kier alpha value is -2.34. The van der Waals surface area contributed by atoms with Crippen molar-refractivity contribution in [2.75, 3.05) is 13.2 Å². The summed E-state index contributed by atoms with van der Waals surface area (Å²) in [5, 5.41) is 37.8. The van der Waals surface area contributed by atoms with E-state index in [2.05, 4.69) is 0 Å². The average molecular weight is 316 g/mol. The first kappa shape index (κ1) is 17.0. The Labute approximate surface area is 134 Å². The maximum atomic E-state index is 10.3. The van der Waals surface area contributed by atoms with E-state index in [1.54, 1.807) is 36.4 Å². The third-order valence-corrected chi connectivity index (χ3v) is 3.35. The van der Waals surface area contributed by atoms with Crippen molar-refractivity contribution in [1.29, 1.82) is 0 Å². The van der Waals surface area contributed by atoms with Crippen LogP contribution in [0, 0.1) is 0 Å². The summed E-state index contributed by atoms with van der Waals surface area (Å²) in [6, 6.07) is 13.2. The number of ether oxygens (including phenoxy) is 1. The third kappa shape index (κ3) is 4.82. The Balaban J connectivity index is 2.06. The van der Waals surface area contributed by atoms with Crippen LogP contribution in [0.15, 0.2) is 54.6 Å². The minimum Gasteiger partial charge on any atom is -0.508 e. The number of phenolic OH excluding ortho intramolecular Hbond substituents is 1. The van der Waals surface area contributed by atoms with Crippen molar-refractivity contribution < 1.29 is 25.2 Å². The number of aliphatic hydroxyl groups is 3. The van der Waals surface area contributed by atoms with E-state index < -0.39 is 12.2 Å². The number of rotatable bonds is 7. The lowest BCUT2D eigenvalue weighted by Gasteiger charge is -2.23. The van der Waals surface area contributed by atoms with Crippen LogP contribution in [0.25, 0.3) is 6.08 Å². The molecule has 2 aromatic rings. The summed E-state index contributed by atoms with van der Waals surface area (Å²) in [6.07, 6.45) is 1.56. The molecule has 23 heavy (non-hydrogen) atoms. The molecule has 2 aromatic carbocycles. The lowest BCUT2D eigenvalue weighted by Crippen LogP contribution is -2.29. The van der Waals surface area contributed by atoms with Crippen molar-refractivity contribution in [3.63, 3.8) is 0 Å². The maximum Gasteiger partial charge on any atom is 0.152 e. The van der Waals surface area contributed by atoms with Gasteiger partial charge in [-0.05, 0) is 35.4 Å². The molecule has 0 amide bonds. The number of hydrogen-bond acceptors (Lipinski definition) is 5. The quantitative estimate of drug-likeness (QED) is 0.626. The first-order valence-corrected chi connectivity index (χ1v) is 7.26. The molecular formula is C18H20O5. The monoisotopic (exact) mass is 316 g/mol.